The van der Waals surface area contributed by atoms with Crippen LogP contribution in [0.5, 0.6) is 0 Å². The monoisotopic (exact) mass is 1070 g/mol. The average Bonchev–Trinajstić information content (AvgIpc) is 3.40. The predicted octanol–water partition coefficient (Wildman–Crippen LogP) is 16.7. The lowest BCUT2D eigenvalue weighted by Gasteiger charge is -2.26. The van der Waals surface area contributed by atoms with Gasteiger partial charge in [-0.15, -0.1) is 0 Å². The summed E-state index contributed by atoms with van der Waals surface area (Å²) in [6, 6.07) is 0. The standard InChI is InChI=1S/C68H109NO8/c1-6-8-10-12-14-16-18-20-22-24-26-28-30-31-32-33-34-35-37-39-41-43-45-47-49-51-53-55-57-59-66(71)77-64(63-76-68(67(72)73)74-61-60-69(3,4)5)62-75-65(70)58-56-54-52-50-48-46-44-42-40-38-36-29-27-25-23-21-19-17-15-13-11-9-7-2/h8-11,14-17,20-23,26-29,31-32,34-35,38-41,64,68H,6-7,12-13,18-19,24-25,30,33,36-37,42-63H2,1-5H3/b10-8-,11-9-,16-14-,17-15-,22-20-,23-21-,28-26-,29-27-,32-31-,35-34-,40-38-,41-39-. The Balaban J connectivity index is 4.33. The fourth-order valence-electron chi connectivity index (χ4n) is 7.54. The van der Waals surface area contributed by atoms with Gasteiger partial charge in [-0.2, -0.15) is 0 Å². The van der Waals surface area contributed by atoms with Crippen molar-refractivity contribution in [2.75, 3.05) is 47.5 Å². The summed E-state index contributed by atoms with van der Waals surface area (Å²) in [5.74, 6) is -2.33. The summed E-state index contributed by atoms with van der Waals surface area (Å²) < 4.78 is 22.7. The normalized spacial score (nSPS) is 13.8. The van der Waals surface area contributed by atoms with Crippen molar-refractivity contribution in [1.82, 2.24) is 0 Å². The minimum absolute atomic E-state index is 0.134. The molecular weight excluding hydrogens is 959 g/mol. The lowest BCUT2D eigenvalue weighted by atomic mass is 10.1. The highest BCUT2D eigenvalue weighted by Gasteiger charge is 2.22. The zero-order valence-electron chi connectivity index (χ0n) is 49.3. The molecule has 0 spiro atoms. The molecule has 0 heterocycles. The highest BCUT2D eigenvalue weighted by atomic mass is 16.7. The molecule has 9 heteroatoms. The number of quaternary nitrogens is 1. The second-order valence-corrected chi connectivity index (χ2v) is 20.5. The highest BCUT2D eigenvalue weighted by molar-refractivity contribution is 5.70. The summed E-state index contributed by atoms with van der Waals surface area (Å²) in [6.45, 7) is 4.47. The number of nitrogens with zero attached hydrogens (tertiary/aromatic N) is 1. The van der Waals surface area contributed by atoms with E-state index in [2.05, 4.69) is 160 Å². The number of rotatable bonds is 53. The number of allylic oxidation sites excluding steroid dienone is 24. The van der Waals surface area contributed by atoms with Gasteiger partial charge in [-0.1, -0.05) is 224 Å². The van der Waals surface area contributed by atoms with E-state index in [0.717, 1.165) is 135 Å². The van der Waals surface area contributed by atoms with Crippen molar-refractivity contribution in [1.29, 1.82) is 0 Å². The second kappa shape index (κ2) is 57.3. The van der Waals surface area contributed by atoms with Gasteiger partial charge >= 0.3 is 11.9 Å². The molecule has 0 aromatic heterocycles. The molecule has 77 heavy (non-hydrogen) atoms. The van der Waals surface area contributed by atoms with E-state index in [1.54, 1.807) is 0 Å². The molecule has 0 aromatic carbocycles. The van der Waals surface area contributed by atoms with Crippen molar-refractivity contribution in [2.45, 2.75) is 219 Å². The van der Waals surface area contributed by atoms with Crippen LogP contribution in [0.3, 0.4) is 0 Å². The molecule has 0 rings (SSSR count). The van der Waals surface area contributed by atoms with Crippen LogP contribution in [-0.4, -0.2) is 82.3 Å². The number of likely N-dealkylation sites (N-methyl/N-ethyl adjacent to an activating group) is 1. The zero-order chi connectivity index (χ0) is 56.2. The number of hydrogen-bond donors (Lipinski definition) is 0. The Kier molecular flexibility index (Phi) is 53.8. The fourth-order valence-corrected chi connectivity index (χ4v) is 7.54. The minimum Gasteiger partial charge on any atom is -0.545 e. The van der Waals surface area contributed by atoms with Gasteiger partial charge in [0.1, 0.15) is 13.2 Å². The van der Waals surface area contributed by atoms with Crippen LogP contribution in [0.1, 0.15) is 206 Å². The SMILES string of the molecule is CC/C=C\C/C=C\C/C=C\C/C=C\C/C=C\C/C=C\C/C=C\CCCCCCCCCC(=O)OC(COC(=O)CCCCCCCCC/C=C\C/C=C\C/C=C\C/C=C\C/C=C\CC)COC(OCC[N+](C)(C)C)C(=O)[O-]. The number of carbonyl (C=O) groups excluding carboxylic acids is 3. The number of ether oxygens (including phenoxy) is 4. The number of hydrogen-bond acceptors (Lipinski definition) is 8. The number of unbranched alkanes of at least 4 members (excludes halogenated alkanes) is 14. The number of esters is 2. The molecule has 0 fully saturated rings. The van der Waals surface area contributed by atoms with E-state index >= 15 is 0 Å². The molecule has 0 aliphatic heterocycles. The molecular formula is C68H109NO8. The van der Waals surface area contributed by atoms with Gasteiger partial charge in [0, 0.05) is 12.8 Å². The first-order valence-electron chi connectivity index (χ1n) is 30.0. The molecule has 0 N–H and O–H groups in total. The van der Waals surface area contributed by atoms with Crippen LogP contribution in [0.4, 0.5) is 0 Å². The molecule has 0 aromatic rings. The summed E-state index contributed by atoms with van der Waals surface area (Å²) >= 11 is 0. The lowest BCUT2D eigenvalue weighted by Crippen LogP contribution is -2.44. The molecule has 0 aliphatic rings. The molecule has 434 valence electrons. The molecule has 0 saturated carbocycles. The van der Waals surface area contributed by atoms with Gasteiger partial charge in [0.2, 0.25) is 0 Å². The van der Waals surface area contributed by atoms with E-state index in [0.29, 0.717) is 17.4 Å². The Morgan fingerprint density at radius 3 is 1.04 bits per heavy atom. The Morgan fingerprint density at radius 1 is 0.390 bits per heavy atom. The number of carbonyl (C=O) groups is 3. The van der Waals surface area contributed by atoms with Gasteiger partial charge in [0.05, 0.1) is 40.3 Å². The zero-order valence-corrected chi connectivity index (χ0v) is 49.3. The molecule has 2 unspecified atom stereocenters. The fraction of sp³-hybridized carbons (Fsp3) is 0.603. The van der Waals surface area contributed by atoms with E-state index in [1.165, 1.54) is 38.5 Å². The van der Waals surface area contributed by atoms with E-state index in [9.17, 15) is 19.5 Å². The van der Waals surface area contributed by atoms with Gasteiger partial charge in [-0.3, -0.25) is 9.59 Å². The lowest BCUT2D eigenvalue weighted by molar-refractivity contribution is -0.870. The van der Waals surface area contributed by atoms with Crippen molar-refractivity contribution in [2.24, 2.45) is 0 Å². The van der Waals surface area contributed by atoms with Crippen molar-refractivity contribution in [3.8, 4) is 0 Å². The smallest absolute Gasteiger partial charge is 0.306 e. The quantitative estimate of drug-likeness (QED) is 0.0195. The Bertz CT molecular complexity index is 1770. The Morgan fingerprint density at radius 2 is 0.701 bits per heavy atom. The molecule has 0 amide bonds. The van der Waals surface area contributed by atoms with Gasteiger partial charge in [0.25, 0.3) is 0 Å². The largest absolute Gasteiger partial charge is 0.545 e. The first-order valence-corrected chi connectivity index (χ1v) is 30.0. The topological polar surface area (TPSA) is 111 Å². The number of carboxylic acids is 1. The highest BCUT2D eigenvalue weighted by Crippen LogP contribution is 2.14. The minimum atomic E-state index is -1.64. The van der Waals surface area contributed by atoms with Gasteiger partial charge in [0.15, 0.2) is 12.4 Å². The molecule has 0 aliphatic carbocycles. The predicted molar refractivity (Wildman–Crippen MR) is 324 cm³/mol. The third-order valence-corrected chi connectivity index (χ3v) is 12.1. The van der Waals surface area contributed by atoms with E-state index in [-0.39, 0.29) is 38.6 Å². The van der Waals surface area contributed by atoms with Crippen molar-refractivity contribution >= 4 is 17.9 Å². The van der Waals surface area contributed by atoms with Crippen molar-refractivity contribution < 1.29 is 42.9 Å². The van der Waals surface area contributed by atoms with Gasteiger partial charge < -0.3 is 33.3 Å². The maximum atomic E-state index is 12.9. The summed E-state index contributed by atoms with van der Waals surface area (Å²) in [7, 11) is 5.90. The first-order chi connectivity index (χ1) is 37.6. The first kappa shape index (κ1) is 72.2. The van der Waals surface area contributed by atoms with Crippen LogP contribution in [0.2, 0.25) is 0 Å². The summed E-state index contributed by atoms with van der Waals surface area (Å²) in [4.78, 5) is 37.4. The van der Waals surface area contributed by atoms with E-state index in [1.807, 2.05) is 21.1 Å². The van der Waals surface area contributed by atoms with Crippen molar-refractivity contribution in [3.63, 3.8) is 0 Å². The van der Waals surface area contributed by atoms with Gasteiger partial charge in [-0.05, 0) is 116 Å². The second-order valence-electron chi connectivity index (χ2n) is 20.5. The maximum Gasteiger partial charge on any atom is 0.306 e. The van der Waals surface area contributed by atoms with Crippen LogP contribution < -0.4 is 5.11 Å². The number of carboxylic acid groups (broad SMARTS) is 1. The van der Waals surface area contributed by atoms with Crippen LogP contribution in [-0.2, 0) is 33.3 Å². The summed E-state index contributed by atoms with van der Waals surface area (Å²) in [6.07, 6.45) is 80.3. The van der Waals surface area contributed by atoms with E-state index in [4.69, 9.17) is 18.9 Å². The molecule has 9 nitrogen and oxygen atoms in total. The number of aliphatic carboxylic acids is 1. The van der Waals surface area contributed by atoms with Crippen LogP contribution in [0, 0.1) is 0 Å². The van der Waals surface area contributed by atoms with E-state index < -0.39 is 24.3 Å². The van der Waals surface area contributed by atoms with Crippen LogP contribution in [0.25, 0.3) is 0 Å². The molecule has 2 atom stereocenters. The third kappa shape index (κ3) is 58.7. The molecule has 0 saturated heterocycles. The molecule has 0 bridgehead atoms. The third-order valence-electron chi connectivity index (χ3n) is 12.1. The van der Waals surface area contributed by atoms with Crippen LogP contribution >= 0.6 is 0 Å². The Labute approximate surface area is 471 Å². The maximum absolute atomic E-state index is 12.9. The van der Waals surface area contributed by atoms with Crippen molar-refractivity contribution in [3.05, 3.63) is 146 Å². The Hall–Kier alpha value is -4.83. The van der Waals surface area contributed by atoms with Gasteiger partial charge in [-0.25, -0.2) is 0 Å². The molecule has 0 radical (unpaired) electrons. The van der Waals surface area contributed by atoms with Crippen LogP contribution in [0.15, 0.2) is 146 Å². The summed E-state index contributed by atoms with van der Waals surface area (Å²) in [5.41, 5.74) is 0. The average molecular weight is 1070 g/mol. The summed E-state index contributed by atoms with van der Waals surface area (Å²) in [5, 5.41) is 11.8.